The van der Waals surface area contributed by atoms with Crippen molar-refractivity contribution in [1.82, 2.24) is 4.90 Å². The van der Waals surface area contributed by atoms with Crippen LogP contribution in [0.25, 0.3) is 0 Å². The number of amides is 1. The van der Waals surface area contributed by atoms with Crippen LogP contribution in [0, 0.1) is 5.92 Å². The van der Waals surface area contributed by atoms with E-state index >= 15 is 0 Å². The third kappa shape index (κ3) is 5.61. The Morgan fingerprint density at radius 3 is 2.50 bits per heavy atom. The molecule has 112 valence electrons. The average molecular weight is 278 g/mol. The number of phenolic OH excluding ortho intramolecular Hbond substituents is 1. The lowest BCUT2D eigenvalue weighted by Gasteiger charge is -2.19. The first kappa shape index (κ1) is 16.5. The minimum absolute atomic E-state index is 0.161. The van der Waals surface area contributed by atoms with Crippen LogP contribution < -0.4 is 5.73 Å². The van der Waals surface area contributed by atoms with Gasteiger partial charge in [0, 0.05) is 20.0 Å². The summed E-state index contributed by atoms with van der Waals surface area (Å²) in [6.45, 7) is 3.41. The van der Waals surface area contributed by atoms with E-state index in [1.807, 2.05) is 19.2 Å². The Labute approximate surface area is 121 Å². The SMILES string of the molecule is CCC(CCN)CCC(=O)N(C)Cc1ccc(O)cc1. The van der Waals surface area contributed by atoms with Crippen LogP contribution in [0.15, 0.2) is 24.3 Å². The van der Waals surface area contributed by atoms with Crippen LogP contribution in [0.5, 0.6) is 5.75 Å². The molecule has 0 bridgehead atoms. The summed E-state index contributed by atoms with van der Waals surface area (Å²) in [4.78, 5) is 13.8. The van der Waals surface area contributed by atoms with Crippen LogP contribution in [0.1, 0.15) is 38.2 Å². The summed E-state index contributed by atoms with van der Waals surface area (Å²) in [5.41, 5.74) is 6.59. The van der Waals surface area contributed by atoms with Crippen LogP contribution >= 0.6 is 0 Å². The number of nitrogens with two attached hydrogens (primary N) is 1. The molecular weight excluding hydrogens is 252 g/mol. The highest BCUT2D eigenvalue weighted by molar-refractivity contribution is 5.75. The number of carbonyl (C=O) groups is 1. The molecule has 0 saturated carbocycles. The van der Waals surface area contributed by atoms with E-state index in [9.17, 15) is 9.90 Å². The summed E-state index contributed by atoms with van der Waals surface area (Å²) in [6.07, 6.45) is 3.55. The standard InChI is InChI=1S/C16H26N2O2/c1-3-13(10-11-17)6-9-16(20)18(2)12-14-4-7-15(19)8-5-14/h4-5,7-8,13,19H,3,6,9-12,17H2,1-2H3. The number of hydrogen-bond donors (Lipinski definition) is 2. The molecule has 0 radical (unpaired) electrons. The molecule has 0 spiro atoms. The predicted molar refractivity (Wildman–Crippen MR) is 81.3 cm³/mol. The lowest BCUT2D eigenvalue weighted by molar-refractivity contribution is -0.130. The van der Waals surface area contributed by atoms with Crippen LogP contribution in [0.3, 0.4) is 0 Å². The molecule has 1 aromatic carbocycles. The van der Waals surface area contributed by atoms with Gasteiger partial charge in [-0.3, -0.25) is 4.79 Å². The molecule has 20 heavy (non-hydrogen) atoms. The molecule has 0 aliphatic rings. The van der Waals surface area contributed by atoms with Gasteiger partial charge in [-0.05, 0) is 43.0 Å². The molecule has 3 N–H and O–H groups in total. The minimum atomic E-state index is 0.161. The van der Waals surface area contributed by atoms with Crippen molar-refractivity contribution < 1.29 is 9.90 Å². The van der Waals surface area contributed by atoms with Gasteiger partial charge in [0.25, 0.3) is 0 Å². The fourth-order valence-electron chi connectivity index (χ4n) is 2.27. The summed E-state index contributed by atoms with van der Waals surface area (Å²) in [6, 6.07) is 6.95. The Morgan fingerprint density at radius 1 is 1.30 bits per heavy atom. The monoisotopic (exact) mass is 278 g/mol. The second-order valence-electron chi connectivity index (χ2n) is 5.31. The number of benzene rings is 1. The molecule has 0 aliphatic heterocycles. The Kier molecular flexibility index (Phi) is 7.09. The molecule has 4 heteroatoms. The smallest absolute Gasteiger partial charge is 0.222 e. The summed E-state index contributed by atoms with van der Waals surface area (Å²) >= 11 is 0. The highest BCUT2D eigenvalue weighted by Crippen LogP contribution is 2.16. The van der Waals surface area contributed by atoms with Crippen molar-refractivity contribution in [2.75, 3.05) is 13.6 Å². The summed E-state index contributed by atoms with van der Waals surface area (Å²) in [5.74, 6) is 0.954. The fourth-order valence-corrected chi connectivity index (χ4v) is 2.27. The first-order chi connectivity index (χ1) is 9.56. The molecule has 0 fully saturated rings. The van der Waals surface area contributed by atoms with E-state index in [2.05, 4.69) is 6.92 Å². The third-order valence-electron chi connectivity index (χ3n) is 3.70. The van der Waals surface area contributed by atoms with Crippen molar-refractivity contribution in [3.05, 3.63) is 29.8 Å². The number of carbonyl (C=O) groups excluding carboxylic acids is 1. The van der Waals surface area contributed by atoms with Crippen molar-refractivity contribution in [1.29, 1.82) is 0 Å². The Balaban J connectivity index is 2.40. The van der Waals surface area contributed by atoms with Gasteiger partial charge in [-0.15, -0.1) is 0 Å². The van der Waals surface area contributed by atoms with Gasteiger partial charge in [-0.2, -0.15) is 0 Å². The van der Waals surface area contributed by atoms with Gasteiger partial charge in [0.1, 0.15) is 5.75 Å². The van der Waals surface area contributed by atoms with Crippen LogP contribution in [-0.2, 0) is 11.3 Å². The second kappa shape index (κ2) is 8.59. The molecule has 4 nitrogen and oxygen atoms in total. The van der Waals surface area contributed by atoms with E-state index in [1.165, 1.54) is 0 Å². The molecule has 0 aliphatic carbocycles. The Hall–Kier alpha value is -1.55. The third-order valence-corrected chi connectivity index (χ3v) is 3.70. The van der Waals surface area contributed by atoms with E-state index < -0.39 is 0 Å². The molecule has 1 unspecified atom stereocenters. The molecule has 0 saturated heterocycles. The maximum Gasteiger partial charge on any atom is 0.222 e. The molecular formula is C16H26N2O2. The van der Waals surface area contributed by atoms with E-state index in [-0.39, 0.29) is 11.7 Å². The highest BCUT2D eigenvalue weighted by atomic mass is 16.3. The quantitative estimate of drug-likeness (QED) is 0.768. The van der Waals surface area contributed by atoms with Crippen molar-refractivity contribution in [3.63, 3.8) is 0 Å². The largest absolute Gasteiger partial charge is 0.508 e. The maximum absolute atomic E-state index is 12.1. The van der Waals surface area contributed by atoms with E-state index in [4.69, 9.17) is 5.73 Å². The molecule has 1 amide bonds. The highest BCUT2D eigenvalue weighted by Gasteiger charge is 2.12. The fraction of sp³-hybridized carbons (Fsp3) is 0.562. The minimum Gasteiger partial charge on any atom is -0.508 e. The Bertz CT molecular complexity index is 403. The van der Waals surface area contributed by atoms with E-state index in [0.717, 1.165) is 24.8 Å². The van der Waals surface area contributed by atoms with Crippen molar-refractivity contribution in [2.45, 2.75) is 39.2 Å². The number of nitrogens with zero attached hydrogens (tertiary/aromatic N) is 1. The van der Waals surface area contributed by atoms with Gasteiger partial charge >= 0.3 is 0 Å². The zero-order chi connectivity index (χ0) is 15.0. The Morgan fingerprint density at radius 2 is 1.95 bits per heavy atom. The van der Waals surface area contributed by atoms with Crippen LogP contribution in [0.2, 0.25) is 0 Å². The predicted octanol–water partition coefficient (Wildman–Crippen LogP) is 2.51. The molecule has 0 aromatic heterocycles. The normalized spacial score (nSPS) is 12.2. The zero-order valence-corrected chi connectivity index (χ0v) is 12.5. The van der Waals surface area contributed by atoms with Crippen molar-refractivity contribution >= 4 is 5.91 Å². The lowest BCUT2D eigenvalue weighted by atomic mass is 9.96. The number of aromatic hydroxyl groups is 1. The zero-order valence-electron chi connectivity index (χ0n) is 12.5. The van der Waals surface area contributed by atoms with E-state index in [0.29, 0.717) is 25.4 Å². The maximum atomic E-state index is 12.1. The number of phenols is 1. The summed E-state index contributed by atoms with van der Waals surface area (Å²) < 4.78 is 0. The second-order valence-corrected chi connectivity index (χ2v) is 5.31. The first-order valence-electron chi connectivity index (χ1n) is 7.28. The topological polar surface area (TPSA) is 66.6 Å². The molecule has 1 rings (SSSR count). The van der Waals surface area contributed by atoms with Gasteiger partial charge in [-0.1, -0.05) is 25.5 Å². The molecule has 0 heterocycles. The summed E-state index contributed by atoms with van der Waals surface area (Å²) in [7, 11) is 1.82. The van der Waals surface area contributed by atoms with Gasteiger partial charge in [-0.25, -0.2) is 0 Å². The molecule has 1 aromatic rings. The van der Waals surface area contributed by atoms with Gasteiger partial charge in [0.05, 0.1) is 0 Å². The number of rotatable bonds is 8. The number of hydrogen-bond acceptors (Lipinski definition) is 3. The van der Waals surface area contributed by atoms with Gasteiger partial charge in [0.2, 0.25) is 5.91 Å². The van der Waals surface area contributed by atoms with Crippen molar-refractivity contribution in [3.8, 4) is 5.75 Å². The summed E-state index contributed by atoms with van der Waals surface area (Å²) in [5, 5.41) is 9.23. The van der Waals surface area contributed by atoms with Crippen molar-refractivity contribution in [2.24, 2.45) is 11.7 Å². The average Bonchev–Trinajstić information content (AvgIpc) is 2.45. The van der Waals surface area contributed by atoms with Crippen LogP contribution in [-0.4, -0.2) is 29.5 Å². The van der Waals surface area contributed by atoms with E-state index in [1.54, 1.807) is 17.0 Å². The van der Waals surface area contributed by atoms with Gasteiger partial charge in [0.15, 0.2) is 0 Å². The van der Waals surface area contributed by atoms with Crippen LogP contribution in [0.4, 0.5) is 0 Å². The lowest BCUT2D eigenvalue weighted by Crippen LogP contribution is -2.26. The first-order valence-corrected chi connectivity index (χ1v) is 7.28. The molecule has 1 atom stereocenters. The van der Waals surface area contributed by atoms with Gasteiger partial charge < -0.3 is 15.7 Å².